The minimum atomic E-state index is -0.234. The van der Waals surface area contributed by atoms with Crippen molar-refractivity contribution in [3.8, 4) is 0 Å². The van der Waals surface area contributed by atoms with E-state index in [-0.39, 0.29) is 18.0 Å². The van der Waals surface area contributed by atoms with Crippen LogP contribution < -0.4 is 10.6 Å². The highest BCUT2D eigenvalue weighted by Crippen LogP contribution is 2.19. The fraction of sp³-hybridized carbons (Fsp3) is 0.588. The first-order valence-electron chi connectivity index (χ1n) is 8.14. The molecule has 0 saturated carbocycles. The van der Waals surface area contributed by atoms with E-state index in [1.54, 1.807) is 0 Å². The molecule has 0 bridgehead atoms. The second-order valence-electron chi connectivity index (χ2n) is 5.47. The summed E-state index contributed by atoms with van der Waals surface area (Å²) >= 11 is 0. The molecule has 5 heteroatoms. The fourth-order valence-electron chi connectivity index (χ4n) is 2.85. The average Bonchev–Trinajstić information content (AvgIpc) is 2.60. The van der Waals surface area contributed by atoms with Gasteiger partial charge in [-0.3, -0.25) is 9.69 Å². The van der Waals surface area contributed by atoms with Crippen LogP contribution in [0, 0.1) is 0 Å². The SMILES string of the molecule is CCN(CC)C(CNC(=O)C1COCCN1)c1ccccc1. The van der Waals surface area contributed by atoms with Gasteiger partial charge in [0, 0.05) is 13.1 Å². The van der Waals surface area contributed by atoms with Crippen LogP contribution in [0.15, 0.2) is 30.3 Å². The normalized spacial score (nSPS) is 19.9. The number of morpholine rings is 1. The fourth-order valence-corrected chi connectivity index (χ4v) is 2.85. The molecule has 2 N–H and O–H groups in total. The summed E-state index contributed by atoms with van der Waals surface area (Å²) in [6.45, 7) is 8.69. The zero-order valence-electron chi connectivity index (χ0n) is 13.5. The zero-order chi connectivity index (χ0) is 15.8. The third kappa shape index (κ3) is 4.53. The Morgan fingerprint density at radius 3 is 2.68 bits per heavy atom. The van der Waals surface area contributed by atoms with Gasteiger partial charge in [-0.25, -0.2) is 0 Å². The van der Waals surface area contributed by atoms with E-state index in [9.17, 15) is 4.79 Å². The number of nitrogens with zero attached hydrogens (tertiary/aromatic N) is 1. The molecule has 1 aromatic rings. The van der Waals surface area contributed by atoms with Crippen LogP contribution in [-0.2, 0) is 9.53 Å². The maximum absolute atomic E-state index is 12.3. The topological polar surface area (TPSA) is 53.6 Å². The van der Waals surface area contributed by atoms with Gasteiger partial charge in [0.05, 0.1) is 19.3 Å². The molecule has 5 nitrogen and oxygen atoms in total. The van der Waals surface area contributed by atoms with Gasteiger partial charge in [-0.2, -0.15) is 0 Å². The predicted molar refractivity (Wildman–Crippen MR) is 87.7 cm³/mol. The number of likely N-dealkylation sites (N-methyl/N-ethyl adjacent to an activating group) is 1. The van der Waals surface area contributed by atoms with E-state index in [4.69, 9.17) is 4.74 Å². The number of ether oxygens (including phenoxy) is 1. The second-order valence-corrected chi connectivity index (χ2v) is 5.47. The van der Waals surface area contributed by atoms with Crippen molar-refractivity contribution >= 4 is 5.91 Å². The van der Waals surface area contributed by atoms with Gasteiger partial charge in [0.15, 0.2) is 0 Å². The zero-order valence-corrected chi connectivity index (χ0v) is 13.5. The van der Waals surface area contributed by atoms with E-state index in [1.807, 2.05) is 18.2 Å². The van der Waals surface area contributed by atoms with Crippen molar-refractivity contribution in [2.24, 2.45) is 0 Å². The van der Waals surface area contributed by atoms with Crippen LogP contribution >= 0.6 is 0 Å². The summed E-state index contributed by atoms with van der Waals surface area (Å²) in [6, 6.07) is 10.3. The molecule has 1 aromatic carbocycles. The Morgan fingerprint density at radius 2 is 2.09 bits per heavy atom. The van der Waals surface area contributed by atoms with Crippen molar-refractivity contribution in [1.82, 2.24) is 15.5 Å². The number of hydrogen-bond acceptors (Lipinski definition) is 4. The molecular formula is C17H27N3O2. The number of rotatable bonds is 7. The Hall–Kier alpha value is -1.43. The highest BCUT2D eigenvalue weighted by molar-refractivity contribution is 5.82. The number of benzene rings is 1. The Morgan fingerprint density at radius 1 is 1.36 bits per heavy atom. The summed E-state index contributed by atoms with van der Waals surface area (Å²) in [7, 11) is 0. The molecule has 2 atom stereocenters. The largest absolute Gasteiger partial charge is 0.378 e. The molecule has 1 heterocycles. The van der Waals surface area contributed by atoms with Crippen molar-refractivity contribution in [1.29, 1.82) is 0 Å². The smallest absolute Gasteiger partial charge is 0.239 e. The van der Waals surface area contributed by atoms with Gasteiger partial charge in [-0.05, 0) is 18.7 Å². The lowest BCUT2D eigenvalue weighted by Crippen LogP contribution is -2.52. The third-order valence-corrected chi connectivity index (χ3v) is 4.15. The number of nitrogens with one attached hydrogen (secondary N) is 2. The maximum atomic E-state index is 12.3. The quantitative estimate of drug-likeness (QED) is 0.794. The Kier molecular flexibility index (Phi) is 6.83. The molecule has 22 heavy (non-hydrogen) atoms. The lowest BCUT2D eigenvalue weighted by Gasteiger charge is -2.31. The van der Waals surface area contributed by atoms with E-state index in [0.717, 1.165) is 19.6 Å². The number of carbonyl (C=O) groups is 1. The van der Waals surface area contributed by atoms with Gasteiger partial charge in [0.25, 0.3) is 0 Å². The first kappa shape index (κ1) is 16.9. The van der Waals surface area contributed by atoms with Crippen LogP contribution in [0.2, 0.25) is 0 Å². The molecule has 0 radical (unpaired) electrons. The minimum absolute atomic E-state index is 0.0211. The van der Waals surface area contributed by atoms with E-state index < -0.39 is 0 Å². The molecule has 1 aliphatic rings. The summed E-state index contributed by atoms with van der Waals surface area (Å²) in [4.78, 5) is 14.6. The van der Waals surface area contributed by atoms with Crippen LogP contribution in [0.1, 0.15) is 25.5 Å². The van der Waals surface area contributed by atoms with Crippen molar-refractivity contribution in [3.05, 3.63) is 35.9 Å². The van der Waals surface area contributed by atoms with Gasteiger partial charge < -0.3 is 15.4 Å². The van der Waals surface area contributed by atoms with Gasteiger partial charge in [0.1, 0.15) is 6.04 Å². The number of amides is 1. The third-order valence-electron chi connectivity index (χ3n) is 4.15. The number of carbonyl (C=O) groups excluding carboxylic acids is 1. The van der Waals surface area contributed by atoms with Crippen molar-refractivity contribution in [2.75, 3.05) is 39.4 Å². The molecule has 0 spiro atoms. The van der Waals surface area contributed by atoms with Gasteiger partial charge in [-0.15, -0.1) is 0 Å². The van der Waals surface area contributed by atoms with E-state index in [1.165, 1.54) is 5.56 Å². The standard InChI is InChI=1S/C17H27N3O2/c1-3-20(4-2)16(14-8-6-5-7-9-14)12-19-17(21)15-13-22-11-10-18-15/h5-9,15-16,18H,3-4,10-13H2,1-2H3,(H,19,21). The Labute approximate surface area is 133 Å². The molecule has 2 unspecified atom stereocenters. The summed E-state index contributed by atoms with van der Waals surface area (Å²) in [6.07, 6.45) is 0. The molecule has 1 aliphatic heterocycles. The highest BCUT2D eigenvalue weighted by Gasteiger charge is 2.23. The van der Waals surface area contributed by atoms with E-state index in [2.05, 4.69) is 41.5 Å². The summed E-state index contributed by atoms with van der Waals surface area (Å²) in [5.41, 5.74) is 1.24. The van der Waals surface area contributed by atoms with Gasteiger partial charge in [-0.1, -0.05) is 44.2 Å². The maximum Gasteiger partial charge on any atom is 0.239 e. The average molecular weight is 305 g/mol. The molecule has 2 rings (SSSR count). The lowest BCUT2D eigenvalue weighted by atomic mass is 10.0. The van der Waals surface area contributed by atoms with Crippen molar-refractivity contribution in [2.45, 2.75) is 25.9 Å². The van der Waals surface area contributed by atoms with E-state index >= 15 is 0 Å². The first-order chi connectivity index (χ1) is 10.8. The van der Waals surface area contributed by atoms with Gasteiger partial charge in [0.2, 0.25) is 5.91 Å². The molecule has 1 saturated heterocycles. The van der Waals surface area contributed by atoms with Gasteiger partial charge >= 0.3 is 0 Å². The lowest BCUT2D eigenvalue weighted by molar-refractivity contribution is -0.126. The molecule has 1 amide bonds. The van der Waals surface area contributed by atoms with Crippen LogP contribution in [-0.4, -0.2) is 56.2 Å². The first-order valence-corrected chi connectivity index (χ1v) is 8.14. The summed E-state index contributed by atoms with van der Waals surface area (Å²) in [5.74, 6) is 0.0211. The second kappa shape index (κ2) is 8.88. The van der Waals surface area contributed by atoms with Crippen LogP contribution in [0.25, 0.3) is 0 Å². The minimum Gasteiger partial charge on any atom is -0.378 e. The molecule has 1 fully saturated rings. The Bertz CT molecular complexity index is 442. The van der Waals surface area contributed by atoms with Crippen LogP contribution in [0.5, 0.6) is 0 Å². The van der Waals surface area contributed by atoms with Crippen molar-refractivity contribution < 1.29 is 9.53 Å². The molecule has 122 valence electrons. The monoisotopic (exact) mass is 305 g/mol. The van der Waals surface area contributed by atoms with Crippen LogP contribution in [0.3, 0.4) is 0 Å². The molecule has 0 aromatic heterocycles. The van der Waals surface area contributed by atoms with Crippen LogP contribution in [0.4, 0.5) is 0 Å². The summed E-state index contributed by atoms with van der Waals surface area (Å²) in [5, 5.41) is 6.27. The highest BCUT2D eigenvalue weighted by atomic mass is 16.5. The Balaban J connectivity index is 1.98. The predicted octanol–water partition coefficient (Wildman–Crippen LogP) is 1.17. The molecule has 0 aliphatic carbocycles. The molecular weight excluding hydrogens is 278 g/mol. The summed E-state index contributed by atoms with van der Waals surface area (Å²) < 4.78 is 5.35. The number of hydrogen-bond donors (Lipinski definition) is 2. The van der Waals surface area contributed by atoms with E-state index in [0.29, 0.717) is 19.8 Å². The van der Waals surface area contributed by atoms with Crippen molar-refractivity contribution in [3.63, 3.8) is 0 Å².